The summed E-state index contributed by atoms with van der Waals surface area (Å²) in [7, 11) is 0. The summed E-state index contributed by atoms with van der Waals surface area (Å²) in [6, 6.07) is 0. The third-order valence-corrected chi connectivity index (χ3v) is 2.45. The molecule has 94 valence electrons. The van der Waals surface area contributed by atoms with Gasteiger partial charge in [-0.25, -0.2) is 4.99 Å². The minimum atomic E-state index is -4.68. The zero-order valence-electron chi connectivity index (χ0n) is 8.64. The molecule has 1 atom stereocenters. The maximum Gasteiger partial charge on any atom is 0.398 e. The molecule has 2 aliphatic rings. The number of alkyl halides is 3. The lowest BCUT2D eigenvalue weighted by molar-refractivity contribution is -0.415. The number of hydrogen-bond acceptors (Lipinski definition) is 4. The van der Waals surface area contributed by atoms with Crippen LogP contribution >= 0.6 is 0 Å². The molecule has 1 unspecified atom stereocenters. The molecule has 0 aromatic rings. The number of carbonyl (C=O) groups excluding carboxylic acids is 1. The summed E-state index contributed by atoms with van der Waals surface area (Å²) in [6.07, 6.45) is -1.58. The van der Waals surface area contributed by atoms with Crippen LogP contribution in [0.3, 0.4) is 0 Å². The summed E-state index contributed by atoms with van der Waals surface area (Å²) in [5.41, 5.74) is -1.51. The van der Waals surface area contributed by atoms with Gasteiger partial charge in [-0.2, -0.15) is 13.2 Å². The lowest BCUT2D eigenvalue weighted by Gasteiger charge is -2.20. The highest BCUT2D eigenvalue weighted by Gasteiger charge is 2.44. The Morgan fingerprint density at radius 1 is 1.33 bits per heavy atom. The number of halogens is 3. The van der Waals surface area contributed by atoms with Crippen molar-refractivity contribution in [1.29, 1.82) is 0 Å². The largest absolute Gasteiger partial charge is 0.398 e. The van der Waals surface area contributed by atoms with Gasteiger partial charge < -0.3 is 0 Å². The molecular weight excluding hydrogens is 253 g/mol. The standard InChI is InChI=1S/C10H5F3N2O3/c11-10(12,13)5-3-6-8(16)1-2-14-9(6)7(4-5)15(17)18/h1-5H. The van der Waals surface area contributed by atoms with Gasteiger partial charge in [0.25, 0.3) is 5.70 Å². The van der Waals surface area contributed by atoms with Crippen LogP contribution in [-0.4, -0.2) is 22.6 Å². The smallest absolute Gasteiger partial charge is 0.289 e. The van der Waals surface area contributed by atoms with Crippen LogP contribution in [0.5, 0.6) is 0 Å². The van der Waals surface area contributed by atoms with E-state index in [1.807, 2.05) is 0 Å². The van der Waals surface area contributed by atoms with Crippen LogP contribution in [0.25, 0.3) is 0 Å². The highest BCUT2D eigenvalue weighted by Crippen LogP contribution is 2.35. The van der Waals surface area contributed by atoms with Crippen LogP contribution in [0.15, 0.2) is 40.7 Å². The van der Waals surface area contributed by atoms with E-state index in [1.165, 1.54) is 0 Å². The van der Waals surface area contributed by atoms with E-state index >= 15 is 0 Å². The summed E-state index contributed by atoms with van der Waals surface area (Å²) < 4.78 is 37.7. The lowest BCUT2D eigenvalue weighted by atomic mass is 9.89. The fourth-order valence-electron chi connectivity index (χ4n) is 1.63. The Labute approximate surface area is 98.1 Å². The Hall–Kier alpha value is -2.25. The lowest BCUT2D eigenvalue weighted by Crippen LogP contribution is -2.30. The second-order valence-electron chi connectivity index (χ2n) is 3.61. The first-order chi connectivity index (χ1) is 8.30. The zero-order chi connectivity index (χ0) is 13.5. The van der Waals surface area contributed by atoms with Gasteiger partial charge in [-0.05, 0) is 0 Å². The molecule has 0 saturated heterocycles. The molecule has 2 rings (SSSR count). The van der Waals surface area contributed by atoms with Crippen molar-refractivity contribution in [3.63, 3.8) is 0 Å². The normalized spacial score (nSPS) is 22.9. The van der Waals surface area contributed by atoms with E-state index in [0.29, 0.717) is 12.2 Å². The monoisotopic (exact) mass is 258 g/mol. The summed E-state index contributed by atoms with van der Waals surface area (Å²) in [5, 5.41) is 10.7. The van der Waals surface area contributed by atoms with Gasteiger partial charge in [0.1, 0.15) is 0 Å². The number of fused-ring (bicyclic) bond motifs is 1. The van der Waals surface area contributed by atoms with Crippen LogP contribution in [0.2, 0.25) is 0 Å². The second kappa shape index (κ2) is 3.90. The number of allylic oxidation sites excluding steroid dienone is 4. The number of hydrogen-bond donors (Lipinski definition) is 0. The van der Waals surface area contributed by atoms with E-state index in [2.05, 4.69) is 4.99 Å². The van der Waals surface area contributed by atoms with Gasteiger partial charge in [0.2, 0.25) is 0 Å². The van der Waals surface area contributed by atoms with E-state index in [4.69, 9.17) is 0 Å². The van der Waals surface area contributed by atoms with E-state index in [9.17, 15) is 28.1 Å². The molecule has 0 radical (unpaired) electrons. The van der Waals surface area contributed by atoms with Crippen molar-refractivity contribution in [3.05, 3.63) is 45.8 Å². The first kappa shape index (κ1) is 12.2. The Kier molecular flexibility index (Phi) is 2.64. The van der Waals surface area contributed by atoms with Gasteiger partial charge in [-0.15, -0.1) is 0 Å². The zero-order valence-corrected chi connectivity index (χ0v) is 8.64. The second-order valence-corrected chi connectivity index (χ2v) is 3.61. The van der Waals surface area contributed by atoms with E-state index in [1.54, 1.807) is 0 Å². The van der Waals surface area contributed by atoms with E-state index < -0.39 is 28.5 Å². The van der Waals surface area contributed by atoms with Crippen LogP contribution in [0, 0.1) is 16.0 Å². The third-order valence-electron chi connectivity index (χ3n) is 2.45. The van der Waals surface area contributed by atoms with Crippen molar-refractivity contribution in [1.82, 2.24) is 0 Å². The van der Waals surface area contributed by atoms with Gasteiger partial charge in [-0.3, -0.25) is 14.9 Å². The van der Waals surface area contributed by atoms with Crippen LogP contribution in [0.1, 0.15) is 0 Å². The third kappa shape index (κ3) is 1.96. The number of aliphatic imine (C=N–C) groups is 1. The summed E-state index contributed by atoms with van der Waals surface area (Å²) >= 11 is 0. The fourth-order valence-corrected chi connectivity index (χ4v) is 1.63. The molecular formula is C10H5F3N2O3. The predicted octanol–water partition coefficient (Wildman–Crippen LogP) is 1.80. The topological polar surface area (TPSA) is 72.6 Å². The molecule has 8 heteroatoms. The molecule has 18 heavy (non-hydrogen) atoms. The number of nitrogens with zero attached hydrogens (tertiary/aromatic N) is 2. The highest BCUT2D eigenvalue weighted by molar-refractivity contribution is 6.32. The summed E-state index contributed by atoms with van der Waals surface area (Å²) in [6.45, 7) is 0. The van der Waals surface area contributed by atoms with Crippen molar-refractivity contribution in [2.24, 2.45) is 10.9 Å². The maximum atomic E-state index is 12.6. The van der Waals surface area contributed by atoms with Crippen molar-refractivity contribution < 1.29 is 22.9 Å². The van der Waals surface area contributed by atoms with Gasteiger partial charge in [0.15, 0.2) is 11.5 Å². The van der Waals surface area contributed by atoms with Gasteiger partial charge >= 0.3 is 6.18 Å². The van der Waals surface area contributed by atoms with Gasteiger partial charge in [-0.1, -0.05) is 6.08 Å². The Balaban J connectivity index is 2.56. The Morgan fingerprint density at radius 3 is 2.56 bits per heavy atom. The average molecular weight is 258 g/mol. The molecule has 0 saturated carbocycles. The van der Waals surface area contributed by atoms with E-state index in [-0.39, 0.29) is 11.3 Å². The fraction of sp³-hybridized carbons (Fsp3) is 0.200. The number of rotatable bonds is 1. The molecule has 1 aliphatic heterocycles. The van der Waals surface area contributed by atoms with Crippen molar-refractivity contribution in [2.45, 2.75) is 6.18 Å². The molecule has 0 amide bonds. The molecule has 0 spiro atoms. The van der Waals surface area contributed by atoms with Gasteiger partial charge in [0.05, 0.1) is 16.4 Å². The first-order valence-corrected chi connectivity index (χ1v) is 4.75. The molecule has 0 aromatic heterocycles. The minimum absolute atomic E-state index is 0.326. The van der Waals surface area contributed by atoms with Crippen molar-refractivity contribution in [2.75, 3.05) is 0 Å². The summed E-state index contributed by atoms with van der Waals surface area (Å²) in [5.74, 6) is -2.87. The van der Waals surface area contributed by atoms with Crippen molar-refractivity contribution >= 4 is 11.5 Å². The molecule has 1 aliphatic carbocycles. The van der Waals surface area contributed by atoms with Crippen LogP contribution in [0.4, 0.5) is 13.2 Å². The van der Waals surface area contributed by atoms with Crippen LogP contribution in [-0.2, 0) is 4.79 Å². The molecule has 0 fully saturated rings. The number of nitro groups is 1. The number of carbonyl (C=O) groups is 1. The molecule has 0 bridgehead atoms. The average Bonchev–Trinajstić information content (AvgIpc) is 2.27. The Morgan fingerprint density at radius 2 is 2.00 bits per heavy atom. The number of ketones is 1. The highest BCUT2D eigenvalue weighted by atomic mass is 19.4. The summed E-state index contributed by atoms with van der Waals surface area (Å²) in [4.78, 5) is 24.7. The SMILES string of the molecule is O=C1C=CN=C2C1=CC(C(F)(F)F)C=C2[N+](=O)[O-]. The molecule has 5 nitrogen and oxygen atoms in total. The molecule has 1 heterocycles. The van der Waals surface area contributed by atoms with Crippen LogP contribution < -0.4 is 0 Å². The predicted molar refractivity (Wildman–Crippen MR) is 54.3 cm³/mol. The van der Waals surface area contributed by atoms with E-state index in [0.717, 1.165) is 12.3 Å². The molecule has 0 aromatic carbocycles. The molecule has 0 N–H and O–H groups in total. The van der Waals surface area contributed by atoms with Crippen molar-refractivity contribution in [3.8, 4) is 0 Å². The Bertz CT molecular complexity index is 555. The maximum absolute atomic E-state index is 12.6. The van der Waals surface area contributed by atoms with Gasteiger partial charge in [0, 0.05) is 18.4 Å². The first-order valence-electron chi connectivity index (χ1n) is 4.75. The quantitative estimate of drug-likeness (QED) is 0.531. The minimum Gasteiger partial charge on any atom is -0.289 e.